The maximum absolute atomic E-state index is 15.3. The molecule has 0 bridgehead atoms. The number of methoxy groups -OCH3 is 1. The van der Waals surface area contributed by atoms with Crippen LogP contribution in [0.3, 0.4) is 0 Å². The number of alkyl halides is 3. The molecule has 2 saturated carbocycles. The van der Waals surface area contributed by atoms with Crippen LogP contribution in [0.15, 0.2) is 24.3 Å². The van der Waals surface area contributed by atoms with Gasteiger partial charge in [0, 0.05) is 23.8 Å². The van der Waals surface area contributed by atoms with Gasteiger partial charge in [-0.05, 0) is 107 Å². The number of allylic oxidation sites excluding steroid dienone is 2. The largest absolute Gasteiger partial charge is 0.494 e. The van der Waals surface area contributed by atoms with Crippen LogP contribution in [-0.4, -0.2) is 90.8 Å². The summed E-state index contributed by atoms with van der Waals surface area (Å²) in [4.78, 5) is 63.0. The van der Waals surface area contributed by atoms with Gasteiger partial charge < -0.3 is 23.8 Å². The van der Waals surface area contributed by atoms with Gasteiger partial charge in [-0.25, -0.2) is 12.8 Å². The number of aryl methyl sites for hydroxylation is 1. The number of nitrogens with zero attached hydrogens (tertiary/aromatic N) is 2. The number of pyridine rings is 1. The zero-order chi connectivity index (χ0) is 45.2. The zero-order valence-electron chi connectivity index (χ0n) is 35.9. The van der Waals surface area contributed by atoms with E-state index in [2.05, 4.69) is 9.71 Å². The Labute approximate surface area is 358 Å². The fourth-order valence-corrected chi connectivity index (χ4v) is 10.5. The van der Waals surface area contributed by atoms with Crippen LogP contribution in [0.1, 0.15) is 104 Å². The summed E-state index contributed by atoms with van der Waals surface area (Å²) in [6.07, 6.45) is 0.402. The number of hydrogen-bond acceptors (Lipinski definition) is 11. The summed E-state index contributed by atoms with van der Waals surface area (Å²) in [6.45, 7) is 6.81. The van der Waals surface area contributed by atoms with E-state index in [1.165, 1.54) is 24.1 Å². The third-order valence-corrected chi connectivity index (χ3v) is 15.8. The molecule has 1 aromatic heterocycles. The molecule has 7 atom stereocenters. The Kier molecular flexibility index (Phi) is 12.2. The summed E-state index contributed by atoms with van der Waals surface area (Å²) in [7, 11) is -2.73. The van der Waals surface area contributed by atoms with E-state index in [0.29, 0.717) is 62.3 Å². The number of carbonyl (C=O) groups is 4. The number of carbonyl (C=O) groups excluding carboxylic acids is 4. The molecule has 2 aromatic rings. The Hall–Kier alpha value is -4.48. The van der Waals surface area contributed by atoms with Crippen molar-refractivity contribution in [2.24, 2.45) is 29.1 Å². The highest BCUT2D eigenvalue weighted by Crippen LogP contribution is 2.58. The van der Waals surface area contributed by atoms with Gasteiger partial charge in [-0.1, -0.05) is 26.0 Å². The lowest BCUT2D eigenvalue weighted by atomic mass is 9.82. The molecular weight excluding hydrogens is 839 g/mol. The molecule has 2 aliphatic carbocycles. The number of fused-ring (bicyclic) bond motifs is 5. The van der Waals surface area contributed by atoms with Crippen molar-refractivity contribution >= 4 is 44.4 Å². The average Bonchev–Trinajstić information content (AvgIpc) is 4.07. The van der Waals surface area contributed by atoms with Gasteiger partial charge in [0.05, 0.1) is 48.8 Å². The predicted octanol–water partition coefficient (Wildman–Crippen LogP) is 6.92. The number of sulfonamides is 1. The Morgan fingerprint density at radius 3 is 2.50 bits per heavy atom. The molecule has 7 rings (SSSR count). The highest BCUT2D eigenvalue weighted by atomic mass is 32.2. The number of ketones is 1. The first-order valence-electron chi connectivity index (χ1n) is 21.3. The van der Waals surface area contributed by atoms with Crippen LogP contribution in [-0.2, 0) is 40.4 Å². The Morgan fingerprint density at radius 1 is 1.10 bits per heavy atom. The molecule has 340 valence electrons. The third kappa shape index (κ3) is 8.85. The number of nitrogens with one attached hydrogen (secondary N) is 1. The molecule has 62 heavy (non-hydrogen) atoms. The molecule has 5 aliphatic rings. The highest BCUT2D eigenvalue weighted by molar-refractivity contribution is 7.91. The zero-order valence-corrected chi connectivity index (χ0v) is 36.7. The SMILES string of the molecule is COc1cc2c3c(nc(O[C@@H]4C[C@H]5C(=O)C[C@]6(C(=O)NS(=O)(=O)C7(C)CC7)C[C@H]6/C=C\CC[C@@H](C)C[C@@H](C)[C@H](CC(=O)OC(C)(C)C(F)(F)F)C(=O)N5C4)c2cc1F)OCCC3. The molecular formula is C44H55F4N3O10S. The first kappa shape index (κ1) is 45.5. The Bertz CT molecular complexity index is 2280. The van der Waals surface area contributed by atoms with Gasteiger partial charge in [0.1, 0.15) is 6.10 Å². The quantitative estimate of drug-likeness (QED) is 0.158. The number of esters is 1. The Balaban J connectivity index is 1.26. The lowest BCUT2D eigenvalue weighted by molar-refractivity contribution is -0.257. The molecule has 18 heteroatoms. The van der Waals surface area contributed by atoms with Gasteiger partial charge in [-0.3, -0.25) is 23.9 Å². The second-order valence-corrected chi connectivity index (χ2v) is 21.0. The van der Waals surface area contributed by atoms with Gasteiger partial charge in [-0.15, -0.1) is 0 Å². The minimum absolute atomic E-state index is 0.0118. The van der Waals surface area contributed by atoms with Crippen LogP contribution in [0.2, 0.25) is 0 Å². The molecule has 0 spiro atoms. The molecule has 1 N–H and O–H groups in total. The standard InChI is InChI=1S/C44H55F4N3O10S/c1-24-10-7-8-11-26-21-43(26,40(55)50-62(56,57)42(5)13-14-42)22-34(52)33-17-27(23-51(33)39(54)29(25(2)16-24)20-36(53)61-41(3,4)44(46,47)48)60-38-31-18-32(45)35(58-6)19-30(31)28-12-9-15-59-37(28)49-38/h8,11,18-19,24-27,29,33H,7,9-10,12-17,20-23H2,1-6H3,(H,50,55)/b11-8-/t24-,25-,26-,27-,29+,33+,43-/m1/s1. The van der Waals surface area contributed by atoms with Crippen molar-refractivity contribution in [3.05, 3.63) is 35.7 Å². The molecule has 0 radical (unpaired) electrons. The second kappa shape index (κ2) is 16.6. The highest BCUT2D eigenvalue weighted by Gasteiger charge is 2.63. The second-order valence-electron chi connectivity index (χ2n) is 18.8. The monoisotopic (exact) mass is 893 g/mol. The maximum Gasteiger partial charge on any atom is 0.427 e. The first-order chi connectivity index (χ1) is 29.0. The van der Waals surface area contributed by atoms with Crippen LogP contribution in [0, 0.1) is 34.9 Å². The van der Waals surface area contributed by atoms with Crippen molar-refractivity contribution in [1.82, 2.24) is 14.6 Å². The van der Waals surface area contributed by atoms with Gasteiger partial charge in [0.15, 0.2) is 17.3 Å². The number of aromatic nitrogens is 1. The van der Waals surface area contributed by atoms with E-state index in [4.69, 9.17) is 18.9 Å². The molecule has 1 aromatic carbocycles. The number of halogens is 4. The van der Waals surface area contributed by atoms with Crippen LogP contribution >= 0.6 is 0 Å². The maximum atomic E-state index is 15.3. The van der Waals surface area contributed by atoms with Crippen molar-refractivity contribution in [2.75, 3.05) is 20.3 Å². The van der Waals surface area contributed by atoms with E-state index >= 15 is 4.39 Å². The van der Waals surface area contributed by atoms with Gasteiger partial charge in [0.2, 0.25) is 39.2 Å². The van der Waals surface area contributed by atoms with Gasteiger partial charge in [-0.2, -0.15) is 18.2 Å². The number of amides is 2. The van der Waals surface area contributed by atoms with Crippen molar-refractivity contribution < 1.29 is 64.1 Å². The molecule has 2 amide bonds. The molecule has 1 saturated heterocycles. The normalized spacial score (nSPS) is 29.5. The number of rotatable bonds is 9. The van der Waals surface area contributed by atoms with E-state index in [1.807, 2.05) is 19.1 Å². The van der Waals surface area contributed by atoms with Crippen LogP contribution in [0.25, 0.3) is 10.8 Å². The van der Waals surface area contributed by atoms with Gasteiger partial charge in [0.25, 0.3) is 0 Å². The number of ether oxygens (including phenoxy) is 4. The minimum Gasteiger partial charge on any atom is -0.494 e. The van der Waals surface area contributed by atoms with Crippen molar-refractivity contribution in [3.8, 4) is 17.5 Å². The fourth-order valence-electron chi connectivity index (χ4n) is 9.15. The summed E-state index contributed by atoms with van der Waals surface area (Å²) in [6, 6.07) is 1.48. The van der Waals surface area contributed by atoms with E-state index < -0.39 is 104 Å². The van der Waals surface area contributed by atoms with Crippen molar-refractivity contribution in [1.29, 1.82) is 0 Å². The van der Waals surface area contributed by atoms with Crippen LogP contribution in [0.5, 0.6) is 17.5 Å². The minimum atomic E-state index is -4.90. The lowest BCUT2D eigenvalue weighted by Gasteiger charge is -2.33. The molecule has 4 heterocycles. The van der Waals surface area contributed by atoms with E-state index in [9.17, 15) is 40.8 Å². The van der Waals surface area contributed by atoms with Gasteiger partial charge >= 0.3 is 12.1 Å². The summed E-state index contributed by atoms with van der Waals surface area (Å²) in [5.41, 5.74) is -3.56. The lowest BCUT2D eigenvalue weighted by Crippen LogP contribution is -2.48. The average molecular weight is 894 g/mol. The number of hydrogen-bond donors (Lipinski definition) is 1. The fraction of sp³-hybridized carbons (Fsp3) is 0.659. The number of Topliss-reactive ketones (excluding diaryl/α,β-unsaturated/α-hetero) is 1. The smallest absolute Gasteiger partial charge is 0.427 e. The van der Waals surface area contributed by atoms with Crippen molar-refractivity contribution in [3.63, 3.8) is 0 Å². The summed E-state index contributed by atoms with van der Waals surface area (Å²) in [5, 5.41) is 0.862. The van der Waals surface area contributed by atoms with Crippen molar-refractivity contribution in [2.45, 2.75) is 134 Å². The van der Waals surface area contributed by atoms with Crippen LogP contribution in [0.4, 0.5) is 17.6 Å². The molecule has 13 nitrogen and oxygen atoms in total. The number of benzene rings is 1. The van der Waals surface area contributed by atoms with E-state index in [1.54, 1.807) is 13.8 Å². The van der Waals surface area contributed by atoms with E-state index in [0.717, 1.165) is 19.4 Å². The molecule has 3 aliphatic heterocycles. The summed E-state index contributed by atoms with van der Waals surface area (Å²) in [5.74, 6) is -6.06. The van der Waals surface area contributed by atoms with Crippen LogP contribution < -0.4 is 18.9 Å². The Morgan fingerprint density at radius 2 is 1.82 bits per heavy atom. The summed E-state index contributed by atoms with van der Waals surface area (Å²) >= 11 is 0. The van der Waals surface area contributed by atoms with E-state index in [-0.39, 0.29) is 42.8 Å². The topological polar surface area (TPSA) is 167 Å². The predicted molar refractivity (Wildman–Crippen MR) is 217 cm³/mol. The summed E-state index contributed by atoms with van der Waals surface area (Å²) < 4.78 is 107. The molecule has 3 fully saturated rings. The third-order valence-electron chi connectivity index (χ3n) is 13.6. The first-order valence-corrected chi connectivity index (χ1v) is 22.8. The molecule has 0 unspecified atom stereocenters.